The molecule has 0 saturated carbocycles. The summed E-state index contributed by atoms with van der Waals surface area (Å²) in [6, 6.07) is 9.78. The molecule has 1 saturated heterocycles. The third-order valence-corrected chi connectivity index (χ3v) is 4.29. The maximum Gasteiger partial charge on any atom is 0.316 e. The number of para-hydroxylation sites is 1. The second-order valence-corrected chi connectivity index (χ2v) is 6.09. The van der Waals surface area contributed by atoms with Crippen LogP contribution in [-0.4, -0.2) is 45.0 Å². The van der Waals surface area contributed by atoms with Crippen molar-refractivity contribution in [2.24, 2.45) is 0 Å². The van der Waals surface area contributed by atoms with E-state index in [1.807, 2.05) is 30.3 Å². The maximum absolute atomic E-state index is 12.9. The first-order chi connectivity index (χ1) is 12.2. The lowest BCUT2D eigenvalue weighted by Gasteiger charge is -2.32. The van der Waals surface area contributed by atoms with E-state index in [9.17, 15) is 9.18 Å². The van der Waals surface area contributed by atoms with Crippen LogP contribution < -0.4 is 4.74 Å². The third-order valence-electron chi connectivity index (χ3n) is 4.29. The van der Waals surface area contributed by atoms with Gasteiger partial charge in [-0.05, 0) is 25.0 Å². The number of aromatic nitrogens is 3. The highest BCUT2D eigenvalue weighted by Crippen LogP contribution is 2.20. The van der Waals surface area contributed by atoms with E-state index < -0.39 is 5.82 Å². The molecule has 4 rings (SSSR count). The van der Waals surface area contributed by atoms with E-state index >= 15 is 0 Å². The molecule has 6 nitrogen and oxygen atoms in total. The van der Waals surface area contributed by atoms with E-state index in [1.165, 1.54) is 0 Å². The largest absolute Gasteiger partial charge is 0.458 e. The number of fused-ring (bicyclic) bond motifs is 1. The van der Waals surface area contributed by atoms with Crippen molar-refractivity contribution in [2.45, 2.75) is 18.9 Å². The topological polar surface area (TPSA) is 71.1 Å². The van der Waals surface area contributed by atoms with Gasteiger partial charge in [0.2, 0.25) is 0 Å². The summed E-state index contributed by atoms with van der Waals surface area (Å²) in [4.78, 5) is 25.3. The molecule has 0 bridgehead atoms. The number of hydrogen-bond donors (Lipinski definition) is 1. The monoisotopic (exact) mass is 340 g/mol. The number of hydrogen-bond acceptors (Lipinski definition) is 4. The van der Waals surface area contributed by atoms with E-state index in [-0.39, 0.29) is 18.0 Å². The van der Waals surface area contributed by atoms with Crippen LogP contribution in [0.3, 0.4) is 0 Å². The summed E-state index contributed by atoms with van der Waals surface area (Å²) in [7, 11) is 0. The molecule has 1 aromatic carbocycles. The van der Waals surface area contributed by atoms with Crippen LogP contribution in [-0.2, 0) is 0 Å². The minimum atomic E-state index is -0.508. The summed E-state index contributed by atoms with van der Waals surface area (Å²) in [6.07, 6.45) is 3.57. The number of amides is 1. The second kappa shape index (κ2) is 6.51. The van der Waals surface area contributed by atoms with Crippen molar-refractivity contribution in [3.05, 3.63) is 54.2 Å². The quantitative estimate of drug-likeness (QED) is 0.796. The zero-order valence-electron chi connectivity index (χ0n) is 13.5. The van der Waals surface area contributed by atoms with Crippen molar-refractivity contribution < 1.29 is 13.9 Å². The summed E-state index contributed by atoms with van der Waals surface area (Å²) in [5.74, 6) is -0.559. The number of H-pyrrole nitrogens is 1. The fourth-order valence-corrected chi connectivity index (χ4v) is 3.09. The van der Waals surface area contributed by atoms with Gasteiger partial charge in [-0.25, -0.2) is 14.4 Å². The van der Waals surface area contributed by atoms with Crippen LogP contribution in [0.15, 0.2) is 42.7 Å². The fourth-order valence-electron chi connectivity index (χ4n) is 3.09. The first-order valence-corrected chi connectivity index (χ1v) is 8.20. The standard InChI is InChI=1S/C18H17FN4O2/c19-13-9-20-18(21-10-13)25-14-5-3-7-23(11-14)17(24)16-8-12-4-1-2-6-15(12)22-16/h1-2,4,6,8-10,14,22H,3,5,7,11H2/t14-/m0/s1. The van der Waals surface area contributed by atoms with Crippen molar-refractivity contribution in [1.82, 2.24) is 19.9 Å². The zero-order chi connectivity index (χ0) is 17.2. The highest BCUT2D eigenvalue weighted by atomic mass is 19.1. The predicted molar refractivity (Wildman–Crippen MR) is 89.8 cm³/mol. The molecule has 3 heterocycles. The van der Waals surface area contributed by atoms with Gasteiger partial charge in [0.15, 0.2) is 5.82 Å². The predicted octanol–water partition coefficient (Wildman–Crippen LogP) is 2.78. The smallest absolute Gasteiger partial charge is 0.316 e. The van der Waals surface area contributed by atoms with Crippen molar-refractivity contribution in [2.75, 3.05) is 13.1 Å². The summed E-state index contributed by atoms with van der Waals surface area (Å²) < 4.78 is 18.6. The number of halogens is 1. The Hall–Kier alpha value is -2.96. The molecule has 1 aliphatic rings. The Bertz CT molecular complexity index is 860. The number of likely N-dealkylation sites (tertiary alicyclic amines) is 1. The number of ether oxygens (including phenoxy) is 1. The molecule has 1 N–H and O–H groups in total. The maximum atomic E-state index is 12.9. The van der Waals surface area contributed by atoms with Gasteiger partial charge in [-0.3, -0.25) is 4.79 Å². The first kappa shape index (κ1) is 15.6. The van der Waals surface area contributed by atoms with Gasteiger partial charge in [-0.15, -0.1) is 0 Å². The van der Waals surface area contributed by atoms with Gasteiger partial charge < -0.3 is 14.6 Å². The van der Waals surface area contributed by atoms with Crippen molar-refractivity contribution >= 4 is 16.8 Å². The van der Waals surface area contributed by atoms with E-state index in [4.69, 9.17) is 4.74 Å². The van der Waals surface area contributed by atoms with Gasteiger partial charge in [0, 0.05) is 17.4 Å². The zero-order valence-corrected chi connectivity index (χ0v) is 13.5. The Morgan fingerprint density at radius 3 is 2.88 bits per heavy atom. The van der Waals surface area contributed by atoms with Crippen LogP contribution in [0, 0.1) is 5.82 Å². The minimum Gasteiger partial charge on any atom is -0.458 e. The van der Waals surface area contributed by atoms with E-state index in [0.717, 1.165) is 36.1 Å². The lowest BCUT2D eigenvalue weighted by molar-refractivity contribution is 0.0511. The molecule has 0 aliphatic carbocycles. The lowest BCUT2D eigenvalue weighted by Crippen LogP contribution is -2.44. The number of benzene rings is 1. The number of rotatable bonds is 3. The molecule has 128 valence electrons. The molecule has 0 spiro atoms. The highest BCUT2D eigenvalue weighted by molar-refractivity contribution is 5.98. The number of carbonyl (C=O) groups is 1. The van der Waals surface area contributed by atoms with Crippen molar-refractivity contribution in [1.29, 1.82) is 0 Å². The number of nitrogens with one attached hydrogen (secondary N) is 1. The Morgan fingerprint density at radius 1 is 1.28 bits per heavy atom. The Morgan fingerprint density at radius 2 is 2.08 bits per heavy atom. The number of piperidine rings is 1. The van der Waals surface area contributed by atoms with Crippen LogP contribution in [0.1, 0.15) is 23.3 Å². The van der Waals surface area contributed by atoms with E-state index in [2.05, 4.69) is 15.0 Å². The molecule has 3 aromatic rings. The van der Waals surface area contributed by atoms with E-state index in [1.54, 1.807) is 4.90 Å². The first-order valence-electron chi connectivity index (χ1n) is 8.20. The van der Waals surface area contributed by atoms with Crippen LogP contribution in [0.5, 0.6) is 6.01 Å². The van der Waals surface area contributed by atoms with Crippen LogP contribution in [0.2, 0.25) is 0 Å². The molecule has 2 aromatic heterocycles. The van der Waals surface area contributed by atoms with Crippen LogP contribution in [0.4, 0.5) is 4.39 Å². The molecular weight excluding hydrogens is 323 g/mol. The summed E-state index contributed by atoms with van der Waals surface area (Å²) in [6.45, 7) is 1.13. The van der Waals surface area contributed by atoms with Gasteiger partial charge in [0.05, 0.1) is 18.9 Å². The third kappa shape index (κ3) is 3.31. The van der Waals surface area contributed by atoms with Gasteiger partial charge in [-0.1, -0.05) is 18.2 Å². The average molecular weight is 340 g/mol. The van der Waals surface area contributed by atoms with Gasteiger partial charge in [0.1, 0.15) is 11.8 Å². The Labute approximate surface area is 143 Å². The fraction of sp³-hybridized carbons (Fsp3) is 0.278. The normalized spacial score (nSPS) is 17.6. The number of aromatic amines is 1. The van der Waals surface area contributed by atoms with Gasteiger partial charge >= 0.3 is 6.01 Å². The van der Waals surface area contributed by atoms with Crippen molar-refractivity contribution in [3.63, 3.8) is 0 Å². The summed E-state index contributed by atoms with van der Waals surface area (Å²) in [5, 5.41) is 1.01. The number of carbonyl (C=O) groups excluding carboxylic acids is 1. The van der Waals surface area contributed by atoms with Gasteiger partial charge in [0.25, 0.3) is 5.91 Å². The molecule has 0 unspecified atom stereocenters. The second-order valence-electron chi connectivity index (χ2n) is 6.09. The highest BCUT2D eigenvalue weighted by Gasteiger charge is 2.27. The van der Waals surface area contributed by atoms with Gasteiger partial charge in [-0.2, -0.15) is 0 Å². The van der Waals surface area contributed by atoms with Crippen molar-refractivity contribution in [3.8, 4) is 6.01 Å². The van der Waals surface area contributed by atoms with Crippen LogP contribution >= 0.6 is 0 Å². The lowest BCUT2D eigenvalue weighted by atomic mass is 10.1. The molecule has 7 heteroatoms. The molecule has 1 amide bonds. The minimum absolute atomic E-state index is 0.0514. The molecular formula is C18H17FN4O2. The summed E-state index contributed by atoms with van der Waals surface area (Å²) in [5.41, 5.74) is 1.51. The molecule has 25 heavy (non-hydrogen) atoms. The molecule has 1 aliphatic heterocycles. The molecule has 0 radical (unpaired) electrons. The Kier molecular flexibility index (Phi) is 4.05. The SMILES string of the molecule is O=C(c1cc2ccccc2[nH]1)N1CCC[C@H](Oc2ncc(F)cn2)C1. The molecule has 1 fully saturated rings. The summed E-state index contributed by atoms with van der Waals surface area (Å²) >= 11 is 0. The van der Waals surface area contributed by atoms with E-state index in [0.29, 0.717) is 18.8 Å². The molecule has 1 atom stereocenters. The average Bonchev–Trinajstić information content (AvgIpc) is 3.07. The number of nitrogens with zero attached hydrogens (tertiary/aromatic N) is 3. The Balaban J connectivity index is 1.46. The van der Waals surface area contributed by atoms with Crippen LogP contribution in [0.25, 0.3) is 10.9 Å².